The lowest BCUT2D eigenvalue weighted by molar-refractivity contribution is -0.0139. The summed E-state index contributed by atoms with van der Waals surface area (Å²) in [6, 6.07) is 0. The molecule has 2 rings (SSSR count). The molecule has 2 unspecified atom stereocenters. The summed E-state index contributed by atoms with van der Waals surface area (Å²) in [7, 11) is 0. The Morgan fingerprint density at radius 1 is 1.33 bits per heavy atom. The van der Waals surface area contributed by atoms with E-state index in [-0.39, 0.29) is 0 Å². The largest absolute Gasteiger partial charge is 0.381 e. The van der Waals surface area contributed by atoms with Crippen LogP contribution in [0.25, 0.3) is 0 Å². The molecule has 0 amide bonds. The first-order chi connectivity index (χ1) is 5.95. The molecule has 2 atom stereocenters. The van der Waals surface area contributed by atoms with Crippen LogP contribution in [0.2, 0.25) is 0 Å². The van der Waals surface area contributed by atoms with E-state index in [1.54, 1.807) is 0 Å². The van der Waals surface area contributed by atoms with Crippen molar-refractivity contribution in [2.75, 3.05) is 26.4 Å². The third kappa shape index (κ3) is 2.19. The SMILES string of the molecule is C1CNC(CC2CCOC2)OC1. The fourth-order valence-electron chi connectivity index (χ4n) is 1.84. The zero-order valence-electron chi connectivity index (χ0n) is 7.42. The van der Waals surface area contributed by atoms with E-state index in [2.05, 4.69) is 5.32 Å². The van der Waals surface area contributed by atoms with Crippen molar-refractivity contribution < 1.29 is 9.47 Å². The van der Waals surface area contributed by atoms with Gasteiger partial charge in [-0.2, -0.15) is 0 Å². The molecular weight excluding hydrogens is 154 g/mol. The van der Waals surface area contributed by atoms with Crippen molar-refractivity contribution in [2.45, 2.75) is 25.5 Å². The van der Waals surface area contributed by atoms with Crippen molar-refractivity contribution in [3.05, 3.63) is 0 Å². The normalized spacial score (nSPS) is 37.0. The Morgan fingerprint density at radius 3 is 3.00 bits per heavy atom. The zero-order chi connectivity index (χ0) is 8.23. The van der Waals surface area contributed by atoms with Gasteiger partial charge in [0.15, 0.2) is 0 Å². The summed E-state index contributed by atoms with van der Waals surface area (Å²) in [5.41, 5.74) is 0. The zero-order valence-corrected chi connectivity index (χ0v) is 7.42. The van der Waals surface area contributed by atoms with Crippen LogP contribution >= 0.6 is 0 Å². The Morgan fingerprint density at radius 2 is 2.33 bits per heavy atom. The molecule has 2 aliphatic heterocycles. The lowest BCUT2D eigenvalue weighted by atomic mass is 10.0. The monoisotopic (exact) mass is 171 g/mol. The molecule has 2 fully saturated rings. The van der Waals surface area contributed by atoms with Gasteiger partial charge in [-0.1, -0.05) is 0 Å². The van der Waals surface area contributed by atoms with Gasteiger partial charge >= 0.3 is 0 Å². The van der Waals surface area contributed by atoms with E-state index in [1.165, 1.54) is 6.42 Å². The first-order valence-electron chi connectivity index (χ1n) is 4.88. The highest BCUT2D eigenvalue weighted by Crippen LogP contribution is 2.19. The Balaban J connectivity index is 1.69. The predicted molar refractivity (Wildman–Crippen MR) is 45.9 cm³/mol. The first-order valence-corrected chi connectivity index (χ1v) is 4.88. The van der Waals surface area contributed by atoms with Crippen LogP contribution in [0.1, 0.15) is 19.3 Å². The summed E-state index contributed by atoms with van der Waals surface area (Å²) >= 11 is 0. The van der Waals surface area contributed by atoms with E-state index in [4.69, 9.17) is 9.47 Å². The molecule has 0 bridgehead atoms. The van der Waals surface area contributed by atoms with E-state index in [9.17, 15) is 0 Å². The van der Waals surface area contributed by atoms with Crippen molar-refractivity contribution in [2.24, 2.45) is 5.92 Å². The van der Waals surface area contributed by atoms with Crippen LogP contribution in [0.5, 0.6) is 0 Å². The number of rotatable bonds is 2. The summed E-state index contributed by atoms with van der Waals surface area (Å²) in [5.74, 6) is 0.723. The maximum Gasteiger partial charge on any atom is 0.108 e. The van der Waals surface area contributed by atoms with Crippen LogP contribution in [0.15, 0.2) is 0 Å². The van der Waals surface area contributed by atoms with Gasteiger partial charge in [-0.05, 0) is 31.7 Å². The molecule has 0 spiro atoms. The highest BCUT2D eigenvalue weighted by molar-refractivity contribution is 4.70. The molecule has 2 aliphatic rings. The van der Waals surface area contributed by atoms with Gasteiger partial charge in [0.1, 0.15) is 6.23 Å². The molecular formula is C9H17NO2. The summed E-state index contributed by atoms with van der Waals surface area (Å²) in [4.78, 5) is 0. The highest BCUT2D eigenvalue weighted by atomic mass is 16.5. The number of hydrogen-bond acceptors (Lipinski definition) is 3. The Labute approximate surface area is 73.4 Å². The van der Waals surface area contributed by atoms with Gasteiger partial charge in [0, 0.05) is 19.8 Å². The van der Waals surface area contributed by atoms with Crippen LogP contribution in [0.3, 0.4) is 0 Å². The Hall–Kier alpha value is -0.120. The molecule has 12 heavy (non-hydrogen) atoms. The third-order valence-electron chi connectivity index (χ3n) is 2.58. The molecule has 1 N–H and O–H groups in total. The van der Waals surface area contributed by atoms with Crippen LogP contribution < -0.4 is 5.32 Å². The molecule has 0 radical (unpaired) electrons. The van der Waals surface area contributed by atoms with E-state index in [0.29, 0.717) is 6.23 Å². The third-order valence-corrected chi connectivity index (χ3v) is 2.58. The minimum atomic E-state index is 0.297. The predicted octanol–water partition coefficient (Wildman–Crippen LogP) is 0.749. The molecule has 3 heteroatoms. The standard InChI is InChI=1S/C9H17NO2/c1-3-10-9(12-4-1)6-8-2-5-11-7-8/h8-10H,1-7H2. The van der Waals surface area contributed by atoms with Crippen molar-refractivity contribution in [1.82, 2.24) is 5.32 Å². The summed E-state index contributed by atoms with van der Waals surface area (Å²) < 4.78 is 10.9. The number of hydrogen-bond donors (Lipinski definition) is 1. The fraction of sp³-hybridized carbons (Fsp3) is 1.00. The lowest BCUT2D eigenvalue weighted by Crippen LogP contribution is -2.39. The number of nitrogens with one attached hydrogen (secondary N) is 1. The summed E-state index contributed by atoms with van der Waals surface area (Å²) in [5, 5.41) is 3.37. The van der Waals surface area contributed by atoms with Gasteiger partial charge < -0.3 is 9.47 Å². The lowest BCUT2D eigenvalue weighted by Gasteiger charge is -2.25. The highest BCUT2D eigenvalue weighted by Gasteiger charge is 2.22. The molecule has 0 aliphatic carbocycles. The van der Waals surface area contributed by atoms with Gasteiger partial charge in [0.2, 0.25) is 0 Å². The first kappa shape index (κ1) is 8.48. The molecule has 2 heterocycles. The second-order valence-corrected chi connectivity index (χ2v) is 3.63. The topological polar surface area (TPSA) is 30.5 Å². The van der Waals surface area contributed by atoms with Crippen molar-refractivity contribution in [1.29, 1.82) is 0 Å². The van der Waals surface area contributed by atoms with Crippen LogP contribution in [-0.4, -0.2) is 32.6 Å². The molecule has 0 aromatic rings. The maximum atomic E-state index is 5.57. The minimum Gasteiger partial charge on any atom is -0.381 e. The number of ether oxygens (including phenoxy) is 2. The van der Waals surface area contributed by atoms with E-state index >= 15 is 0 Å². The maximum absolute atomic E-state index is 5.57. The molecule has 70 valence electrons. The van der Waals surface area contributed by atoms with Gasteiger partial charge in [-0.15, -0.1) is 0 Å². The molecule has 0 aromatic heterocycles. The van der Waals surface area contributed by atoms with Crippen molar-refractivity contribution in [3.8, 4) is 0 Å². The van der Waals surface area contributed by atoms with Gasteiger partial charge in [0.25, 0.3) is 0 Å². The van der Waals surface area contributed by atoms with Gasteiger partial charge in [-0.25, -0.2) is 0 Å². The van der Waals surface area contributed by atoms with E-state index < -0.39 is 0 Å². The average Bonchev–Trinajstić information content (AvgIpc) is 2.59. The van der Waals surface area contributed by atoms with Gasteiger partial charge in [0.05, 0.1) is 0 Å². The summed E-state index contributed by atoms with van der Waals surface area (Å²) in [6.07, 6.45) is 3.78. The van der Waals surface area contributed by atoms with Crippen molar-refractivity contribution >= 4 is 0 Å². The Bertz CT molecular complexity index is 128. The quantitative estimate of drug-likeness (QED) is 0.665. The molecule has 3 nitrogen and oxygen atoms in total. The van der Waals surface area contributed by atoms with Crippen LogP contribution in [-0.2, 0) is 9.47 Å². The van der Waals surface area contributed by atoms with Crippen LogP contribution in [0.4, 0.5) is 0 Å². The fourth-order valence-corrected chi connectivity index (χ4v) is 1.84. The smallest absolute Gasteiger partial charge is 0.108 e. The van der Waals surface area contributed by atoms with E-state index in [1.807, 2.05) is 0 Å². The van der Waals surface area contributed by atoms with Crippen LogP contribution in [0, 0.1) is 5.92 Å². The molecule has 2 saturated heterocycles. The molecule has 0 saturated carbocycles. The van der Waals surface area contributed by atoms with E-state index in [0.717, 1.165) is 45.1 Å². The van der Waals surface area contributed by atoms with Crippen molar-refractivity contribution in [3.63, 3.8) is 0 Å². The second-order valence-electron chi connectivity index (χ2n) is 3.63. The average molecular weight is 171 g/mol. The minimum absolute atomic E-state index is 0.297. The Kier molecular flexibility index (Phi) is 2.98. The van der Waals surface area contributed by atoms with Gasteiger partial charge in [-0.3, -0.25) is 5.32 Å². The second kappa shape index (κ2) is 4.21. The summed E-state index contributed by atoms with van der Waals surface area (Å²) in [6.45, 7) is 3.91. The molecule has 0 aromatic carbocycles.